The van der Waals surface area contributed by atoms with Gasteiger partial charge in [-0.2, -0.15) is 4.98 Å². The average molecular weight is 512 g/mol. The van der Waals surface area contributed by atoms with Gasteiger partial charge in [-0.3, -0.25) is 9.36 Å². The molecule has 1 aliphatic heterocycles. The van der Waals surface area contributed by atoms with Gasteiger partial charge in [-0.1, -0.05) is 18.2 Å². The quantitative estimate of drug-likeness (QED) is 0.297. The summed E-state index contributed by atoms with van der Waals surface area (Å²) in [7, 11) is 0. The predicted molar refractivity (Wildman–Crippen MR) is 147 cm³/mol. The van der Waals surface area contributed by atoms with Crippen molar-refractivity contribution in [2.24, 2.45) is 5.73 Å². The SMILES string of the molecule is CC(C)(O)c1cccc(-n2c(C3CC3)cc3cnc(Nc4ccc(C5(C(N)=O)CCNCC5)cc4)nc32)n1. The molecule has 1 saturated carbocycles. The Morgan fingerprint density at radius 3 is 2.53 bits per heavy atom. The zero-order valence-electron chi connectivity index (χ0n) is 21.7. The molecule has 3 aromatic heterocycles. The van der Waals surface area contributed by atoms with Crippen LogP contribution in [0.3, 0.4) is 0 Å². The molecule has 38 heavy (non-hydrogen) atoms. The minimum absolute atomic E-state index is 0.275. The van der Waals surface area contributed by atoms with Gasteiger partial charge < -0.3 is 21.5 Å². The topological polar surface area (TPSA) is 131 Å². The van der Waals surface area contributed by atoms with E-state index in [2.05, 4.69) is 26.3 Å². The lowest BCUT2D eigenvalue weighted by Crippen LogP contribution is -2.48. The van der Waals surface area contributed by atoms with Crippen molar-refractivity contribution in [3.05, 3.63) is 71.7 Å². The van der Waals surface area contributed by atoms with Crippen molar-refractivity contribution in [3.63, 3.8) is 0 Å². The van der Waals surface area contributed by atoms with Crippen LogP contribution < -0.4 is 16.4 Å². The first-order valence-electron chi connectivity index (χ1n) is 13.2. The fraction of sp³-hybridized carbons (Fsp3) is 0.379. The van der Waals surface area contributed by atoms with Crippen LogP contribution in [0.4, 0.5) is 11.6 Å². The maximum absolute atomic E-state index is 12.4. The van der Waals surface area contributed by atoms with Gasteiger partial charge in [0.25, 0.3) is 0 Å². The van der Waals surface area contributed by atoms with Crippen molar-refractivity contribution < 1.29 is 9.90 Å². The van der Waals surface area contributed by atoms with Gasteiger partial charge in [0.15, 0.2) is 5.65 Å². The van der Waals surface area contributed by atoms with E-state index in [1.807, 2.05) is 48.7 Å². The molecule has 0 bridgehead atoms. The maximum atomic E-state index is 12.4. The number of nitrogens with two attached hydrogens (primary N) is 1. The van der Waals surface area contributed by atoms with E-state index >= 15 is 0 Å². The maximum Gasteiger partial charge on any atom is 0.229 e. The highest BCUT2D eigenvalue weighted by molar-refractivity contribution is 5.87. The Morgan fingerprint density at radius 1 is 1.13 bits per heavy atom. The Hall–Kier alpha value is -3.82. The smallest absolute Gasteiger partial charge is 0.229 e. The molecule has 5 N–H and O–H groups in total. The Balaban J connectivity index is 1.34. The largest absolute Gasteiger partial charge is 0.384 e. The number of pyridine rings is 1. The molecule has 0 spiro atoms. The van der Waals surface area contributed by atoms with Crippen LogP contribution >= 0.6 is 0 Å². The van der Waals surface area contributed by atoms with Crippen molar-refractivity contribution in [2.45, 2.75) is 56.5 Å². The Labute approximate surface area is 221 Å². The average Bonchev–Trinajstić information content (AvgIpc) is 3.69. The van der Waals surface area contributed by atoms with Crippen LogP contribution in [0.2, 0.25) is 0 Å². The highest BCUT2D eigenvalue weighted by Gasteiger charge is 2.39. The summed E-state index contributed by atoms with van der Waals surface area (Å²) in [5.74, 6) is 1.39. The summed E-state index contributed by atoms with van der Waals surface area (Å²) in [6, 6.07) is 15.7. The number of carbonyl (C=O) groups is 1. The Morgan fingerprint density at radius 2 is 1.87 bits per heavy atom. The second-order valence-electron chi connectivity index (χ2n) is 11.0. The normalized spacial score (nSPS) is 17.4. The molecule has 0 atom stereocenters. The van der Waals surface area contributed by atoms with E-state index in [-0.39, 0.29) is 5.91 Å². The Kier molecular flexibility index (Phi) is 5.92. The summed E-state index contributed by atoms with van der Waals surface area (Å²) in [5, 5.41) is 18.1. The minimum atomic E-state index is -1.05. The molecule has 4 aromatic rings. The van der Waals surface area contributed by atoms with Gasteiger partial charge in [0.05, 0.1) is 11.1 Å². The van der Waals surface area contributed by atoms with Crippen LogP contribution in [0.25, 0.3) is 16.9 Å². The minimum Gasteiger partial charge on any atom is -0.384 e. The van der Waals surface area contributed by atoms with Gasteiger partial charge in [0.1, 0.15) is 11.4 Å². The zero-order chi connectivity index (χ0) is 26.5. The molecular weight excluding hydrogens is 478 g/mol. The number of aromatic nitrogens is 4. The first-order valence-corrected chi connectivity index (χ1v) is 13.2. The first-order chi connectivity index (χ1) is 18.2. The molecule has 9 heteroatoms. The number of hydrogen-bond acceptors (Lipinski definition) is 7. The number of carbonyl (C=O) groups excluding carboxylic acids is 1. The van der Waals surface area contributed by atoms with E-state index in [9.17, 15) is 9.90 Å². The number of fused-ring (bicyclic) bond motifs is 1. The summed E-state index contributed by atoms with van der Waals surface area (Å²) in [6.45, 7) is 5.01. The molecule has 1 aromatic carbocycles. The third kappa shape index (κ3) is 4.41. The van der Waals surface area contributed by atoms with Gasteiger partial charge in [-0.05, 0) is 94.4 Å². The Bertz CT molecular complexity index is 1490. The molecule has 0 unspecified atom stereocenters. The van der Waals surface area contributed by atoms with E-state index in [4.69, 9.17) is 15.7 Å². The van der Waals surface area contributed by atoms with Crippen molar-refractivity contribution in [1.29, 1.82) is 0 Å². The summed E-state index contributed by atoms with van der Waals surface area (Å²) >= 11 is 0. The number of aliphatic hydroxyl groups is 1. The number of anilines is 2. The number of nitrogens with one attached hydrogen (secondary N) is 2. The number of hydrogen-bond donors (Lipinski definition) is 4. The summed E-state index contributed by atoms with van der Waals surface area (Å²) < 4.78 is 2.09. The zero-order valence-corrected chi connectivity index (χ0v) is 21.7. The molecule has 0 radical (unpaired) electrons. The van der Waals surface area contributed by atoms with E-state index in [1.165, 1.54) is 0 Å². The lowest BCUT2D eigenvalue weighted by molar-refractivity contribution is -0.124. The second kappa shape index (κ2) is 9.18. The van der Waals surface area contributed by atoms with Crippen LogP contribution in [0.15, 0.2) is 54.7 Å². The van der Waals surface area contributed by atoms with Crippen LogP contribution in [0.5, 0.6) is 0 Å². The molecule has 196 valence electrons. The number of nitrogens with zero attached hydrogens (tertiary/aromatic N) is 4. The van der Waals surface area contributed by atoms with Gasteiger partial charge >= 0.3 is 0 Å². The fourth-order valence-corrected chi connectivity index (χ4v) is 5.41. The van der Waals surface area contributed by atoms with Crippen LogP contribution in [0.1, 0.15) is 62.4 Å². The van der Waals surface area contributed by atoms with Crippen molar-refractivity contribution in [2.75, 3.05) is 18.4 Å². The third-order valence-corrected chi connectivity index (χ3v) is 7.78. The molecular formula is C29H33N7O2. The molecule has 4 heterocycles. The number of amides is 1. The van der Waals surface area contributed by atoms with E-state index < -0.39 is 11.0 Å². The highest BCUT2D eigenvalue weighted by Crippen LogP contribution is 2.43. The molecule has 2 aliphatic rings. The summed E-state index contributed by atoms with van der Waals surface area (Å²) in [5.41, 5.74) is 8.46. The number of piperidine rings is 1. The number of benzene rings is 1. The van der Waals surface area contributed by atoms with Crippen LogP contribution in [-0.4, -0.2) is 43.6 Å². The number of rotatable bonds is 7. The van der Waals surface area contributed by atoms with E-state index in [1.54, 1.807) is 13.8 Å². The standard InChI is InChI=1S/C29H33N7O2/c1-28(2,38)23-4-3-5-24(34-23)36-22(18-6-7-18)16-19-17-32-27(35-25(19)36)33-21-10-8-20(9-11-21)29(26(30)37)12-14-31-15-13-29/h3-5,8-11,16-18,31,38H,6-7,12-15H2,1-2H3,(H2,30,37)(H,32,33,35). The first kappa shape index (κ1) is 24.5. The number of primary amides is 1. The van der Waals surface area contributed by atoms with Crippen molar-refractivity contribution in [3.8, 4) is 5.82 Å². The molecule has 2 fully saturated rings. The van der Waals surface area contributed by atoms with E-state index in [0.29, 0.717) is 30.4 Å². The van der Waals surface area contributed by atoms with Crippen LogP contribution in [0, 0.1) is 0 Å². The van der Waals surface area contributed by atoms with Gasteiger partial charge in [-0.25, -0.2) is 9.97 Å². The highest BCUT2D eigenvalue weighted by atomic mass is 16.3. The third-order valence-electron chi connectivity index (χ3n) is 7.78. The molecule has 1 amide bonds. The summed E-state index contributed by atoms with van der Waals surface area (Å²) in [4.78, 5) is 26.6. The predicted octanol–water partition coefficient (Wildman–Crippen LogP) is 3.77. The molecule has 6 rings (SSSR count). The molecule has 1 saturated heterocycles. The van der Waals surface area contributed by atoms with Crippen LogP contribution in [-0.2, 0) is 15.8 Å². The van der Waals surface area contributed by atoms with Crippen molar-refractivity contribution in [1.82, 2.24) is 24.8 Å². The lowest BCUT2D eigenvalue weighted by atomic mass is 9.72. The van der Waals surface area contributed by atoms with E-state index in [0.717, 1.165) is 59.7 Å². The molecule has 9 nitrogen and oxygen atoms in total. The van der Waals surface area contributed by atoms with Gasteiger partial charge in [0.2, 0.25) is 11.9 Å². The van der Waals surface area contributed by atoms with Gasteiger partial charge in [0, 0.05) is 23.0 Å². The summed E-state index contributed by atoms with van der Waals surface area (Å²) in [6.07, 6.45) is 5.48. The second-order valence-corrected chi connectivity index (χ2v) is 11.0. The lowest BCUT2D eigenvalue weighted by Gasteiger charge is -2.35. The van der Waals surface area contributed by atoms with Crippen molar-refractivity contribution >= 4 is 28.6 Å². The fourth-order valence-electron chi connectivity index (χ4n) is 5.41. The van der Waals surface area contributed by atoms with Gasteiger partial charge in [-0.15, -0.1) is 0 Å². The molecule has 1 aliphatic carbocycles. The monoisotopic (exact) mass is 511 g/mol.